The fourth-order valence-corrected chi connectivity index (χ4v) is 3.06. The molecule has 0 saturated heterocycles. The lowest BCUT2D eigenvalue weighted by Crippen LogP contribution is -2.16. The number of carbonyl (C=O) groups is 1. The van der Waals surface area contributed by atoms with Crippen molar-refractivity contribution in [3.8, 4) is 0 Å². The summed E-state index contributed by atoms with van der Waals surface area (Å²) in [4.78, 5) is 11.4. The summed E-state index contributed by atoms with van der Waals surface area (Å²) in [6.45, 7) is 2.22. The SMILES string of the molecule is CCCCCCCCCC(Cc1cccc(Br)c1)C(=O)O. The van der Waals surface area contributed by atoms with Gasteiger partial charge in [0.2, 0.25) is 0 Å². The molecule has 1 N–H and O–H groups in total. The summed E-state index contributed by atoms with van der Waals surface area (Å²) in [7, 11) is 0. The van der Waals surface area contributed by atoms with E-state index < -0.39 is 5.97 Å². The van der Waals surface area contributed by atoms with Gasteiger partial charge in [-0.25, -0.2) is 0 Å². The summed E-state index contributed by atoms with van der Waals surface area (Å²) in [5, 5.41) is 9.36. The molecule has 1 atom stereocenters. The van der Waals surface area contributed by atoms with E-state index in [2.05, 4.69) is 22.9 Å². The molecule has 0 aliphatic carbocycles. The summed E-state index contributed by atoms with van der Waals surface area (Å²) >= 11 is 3.44. The van der Waals surface area contributed by atoms with E-state index in [-0.39, 0.29) is 5.92 Å². The van der Waals surface area contributed by atoms with Gasteiger partial charge in [0.25, 0.3) is 0 Å². The Labute approximate surface area is 137 Å². The Morgan fingerprint density at radius 1 is 1.14 bits per heavy atom. The van der Waals surface area contributed by atoms with Crippen LogP contribution in [0.1, 0.15) is 63.9 Å². The number of unbranched alkanes of at least 4 members (excludes halogenated alkanes) is 6. The van der Waals surface area contributed by atoms with Crippen LogP contribution in [0.25, 0.3) is 0 Å². The first-order valence-electron chi connectivity index (χ1n) is 8.10. The van der Waals surface area contributed by atoms with Gasteiger partial charge < -0.3 is 5.11 Å². The predicted octanol–water partition coefficient (Wildman–Crippen LogP) is 5.83. The van der Waals surface area contributed by atoms with Gasteiger partial charge in [0, 0.05) is 4.47 Å². The lowest BCUT2D eigenvalue weighted by molar-refractivity contribution is -0.142. The van der Waals surface area contributed by atoms with Crippen molar-refractivity contribution in [2.45, 2.75) is 64.7 Å². The highest BCUT2D eigenvalue weighted by Crippen LogP contribution is 2.20. The van der Waals surface area contributed by atoms with Crippen molar-refractivity contribution < 1.29 is 9.90 Å². The van der Waals surface area contributed by atoms with Crippen LogP contribution in [-0.2, 0) is 11.2 Å². The highest BCUT2D eigenvalue weighted by Gasteiger charge is 2.17. The number of carboxylic acids is 1. The Morgan fingerprint density at radius 2 is 1.81 bits per heavy atom. The minimum absolute atomic E-state index is 0.255. The van der Waals surface area contributed by atoms with Gasteiger partial charge in [-0.1, -0.05) is 79.9 Å². The quantitative estimate of drug-likeness (QED) is 0.507. The number of aliphatic carboxylic acids is 1. The van der Waals surface area contributed by atoms with Crippen molar-refractivity contribution in [3.63, 3.8) is 0 Å². The molecule has 0 aromatic heterocycles. The van der Waals surface area contributed by atoms with E-state index in [9.17, 15) is 9.90 Å². The fraction of sp³-hybridized carbons (Fsp3) is 0.611. The third-order valence-electron chi connectivity index (χ3n) is 3.88. The van der Waals surface area contributed by atoms with E-state index in [4.69, 9.17) is 0 Å². The molecule has 0 heterocycles. The largest absolute Gasteiger partial charge is 0.481 e. The summed E-state index contributed by atoms with van der Waals surface area (Å²) in [6.07, 6.45) is 10.0. The van der Waals surface area contributed by atoms with Crippen LogP contribution in [0, 0.1) is 5.92 Å². The van der Waals surface area contributed by atoms with Crippen LogP contribution in [-0.4, -0.2) is 11.1 Å². The van der Waals surface area contributed by atoms with Crippen molar-refractivity contribution in [3.05, 3.63) is 34.3 Å². The molecule has 1 rings (SSSR count). The van der Waals surface area contributed by atoms with Crippen molar-refractivity contribution in [1.82, 2.24) is 0 Å². The van der Waals surface area contributed by atoms with E-state index in [1.54, 1.807) is 0 Å². The smallest absolute Gasteiger partial charge is 0.306 e. The van der Waals surface area contributed by atoms with Crippen molar-refractivity contribution in [2.75, 3.05) is 0 Å². The molecule has 0 aliphatic rings. The lowest BCUT2D eigenvalue weighted by atomic mass is 9.93. The third-order valence-corrected chi connectivity index (χ3v) is 4.37. The standard InChI is InChI=1S/C18H27BrO2/c1-2-3-4-5-6-7-8-11-16(18(20)21)13-15-10-9-12-17(19)14-15/h9-10,12,14,16H,2-8,11,13H2,1H3,(H,20,21). The number of hydrogen-bond donors (Lipinski definition) is 1. The van der Waals surface area contributed by atoms with Gasteiger partial charge in [-0.3, -0.25) is 4.79 Å². The van der Waals surface area contributed by atoms with E-state index >= 15 is 0 Å². The van der Waals surface area contributed by atoms with Crippen LogP contribution in [0.3, 0.4) is 0 Å². The molecule has 0 bridgehead atoms. The van der Waals surface area contributed by atoms with E-state index in [1.807, 2.05) is 24.3 Å². The minimum Gasteiger partial charge on any atom is -0.481 e. The Morgan fingerprint density at radius 3 is 2.43 bits per heavy atom. The van der Waals surface area contributed by atoms with Gasteiger partial charge in [-0.2, -0.15) is 0 Å². The van der Waals surface area contributed by atoms with E-state index in [0.717, 1.165) is 29.3 Å². The van der Waals surface area contributed by atoms with Gasteiger partial charge >= 0.3 is 5.97 Å². The lowest BCUT2D eigenvalue weighted by Gasteiger charge is -2.12. The molecule has 3 heteroatoms. The van der Waals surface area contributed by atoms with Crippen molar-refractivity contribution in [2.24, 2.45) is 5.92 Å². The second-order valence-corrected chi connectivity index (χ2v) is 6.69. The molecule has 2 nitrogen and oxygen atoms in total. The average molecular weight is 355 g/mol. The van der Waals surface area contributed by atoms with Crippen molar-refractivity contribution >= 4 is 21.9 Å². The number of halogens is 1. The monoisotopic (exact) mass is 354 g/mol. The van der Waals surface area contributed by atoms with E-state index in [0.29, 0.717) is 6.42 Å². The summed E-state index contributed by atoms with van der Waals surface area (Å²) in [6, 6.07) is 7.95. The molecule has 1 aromatic carbocycles. The number of rotatable bonds is 11. The number of benzene rings is 1. The zero-order valence-corrected chi connectivity index (χ0v) is 14.6. The predicted molar refractivity (Wildman–Crippen MR) is 91.6 cm³/mol. The average Bonchev–Trinajstić information content (AvgIpc) is 2.45. The Balaban J connectivity index is 2.29. The van der Waals surface area contributed by atoms with Crippen molar-refractivity contribution in [1.29, 1.82) is 0 Å². The van der Waals surface area contributed by atoms with Crippen LogP contribution in [0.2, 0.25) is 0 Å². The van der Waals surface area contributed by atoms with E-state index in [1.165, 1.54) is 32.1 Å². The highest BCUT2D eigenvalue weighted by molar-refractivity contribution is 9.10. The second kappa shape index (κ2) is 10.8. The van der Waals surface area contributed by atoms with Crippen LogP contribution in [0.4, 0.5) is 0 Å². The molecular weight excluding hydrogens is 328 g/mol. The first-order chi connectivity index (χ1) is 10.1. The topological polar surface area (TPSA) is 37.3 Å². The molecule has 1 aromatic rings. The minimum atomic E-state index is -0.666. The van der Waals surface area contributed by atoms with Crippen LogP contribution < -0.4 is 0 Å². The number of carboxylic acid groups (broad SMARTS) is 1. The highest BCUT2D eigenvalue weighted by atomic mass is 79.9. The van der Waals surface area contributed by atoms with Crippen LogP contribution >= 0.6 is 15.9 Å². The normalized spacial score (nSPS) is 12.3. The summed E-state index contributed by atoms with van der Waals surface area (Å²) in [5.74, 6) is -0.920. The molecule has 118 valence electrons. The van der Waals surface area contributed by atoms with Gasteiger partial charge in [0.1, 0.15) is 0 Å². The molecule has 0 radical (unpaired) electrons. The maximum Gasteiger partial charge on any atom is 0.306 e. The summed E-state index contributed by atoms with van der Waals surface area (Å²) < 4.78 is 1.01. The molecular formula is C18H27BrO2. The Hall–Kier alpha value is -0.830. The second-order valence-electron chi connectivity index (χ2n) is 5.78. The first-order valence-corrected chi connectivity index (χ1v) is 8.90. The first kappa shape index (κ1) is 18.2. The van der Waals surface area contributed by atoms with Crippen LogP contribution in [0.15, 0.2) is 28.7 Å². The molecule has 1 unspecified atom stereocenters. The zero-order valence-electron chi connectivity index (χ0n) is 13.0. The molecule has 0 saturated carbocycles. The molecule has 21 heavy (non-hydrogen) atoms. The maximum atomic E-state index is 11.4. The van der Waals surface area contributed by atoms with Gasteiger partial charge in [0.05, 0.1) is 5.92 Å². The van der Waals surface area contributed by atoms with Gasteiger partial charge in [-0.15, -0.1) is 0 Å². The zero-order chi connectivity index (χ0) is 15.5. The third kappa shape index (κ3) is 8.25. The Bertz CT molecular complexity index is 417. The molecule has 0 fully saturated rings. The van der Waals surface area contributed by atoms with Gasteiger partial charge in [0.15, 0.2) is 0 Å². The fourth-order valence-electron chi connectivity index (χ4n) is 2.61. The molecule has 0 amide bonds. The molecule has 0 aliphatic heterocycles. The molecule has 0 spiro atoms. The van der Waals surface area contributed by atoms with Crippen LogP contribution in [0.5, 0.6) is 0 Å². The summed E-state index contributed by atoms with van der Waals surface area (Å²) in [5.41, 5.74) is 1.10. The maximum absolute atomic E-state index is 11.4. The van der Waals surface area contributed by atoms with Gasteiger partial charge in [-0.05, 0) is 30.5 Å². The Kier molecular flexibility index (Phi) is 9.40. The number of hydrogen-bond acceptors (Lipinski definition) is 1.